The van der Waals surface area contributed by atoms with Crippen LogP contribution in [-0.2, 0) is 87.2 Å². The van der Waals surface area contributed by atoms with Crippen LogP contribution in [0.15, 0.2) is 0 Å². The van der Waals surface area contributed by atoms with E-state index in [9.17, 15) is 59.4 Å². The molecule has 0 bridgehead atoms. The second-order valence-corrected chi connectivity index (χ2v) is 4.53. The van der Waals surface area contributed by atoms with Gasteiger partial charge in [-0.25, -0.2) is 0 Å². The predicted molar refractivity (Wildman–Crippen MR) is 58.3 cm³/mol. The number of aliphatic hydroxyl groups is 2. The zero-order valence-corrected chi connectivity index (χ0v) is 23.5. The average Bonchev–Trinajstić information content (AvgIpc) is 2.48. The maximum Gasteiger partial charge on any atom is 2.00 e. The molecule has 17 heteroatoms. The van der Waals surface area contributed by atoms with E-state index in [4.69, 9.17) is 10.2 Å². The van der Waals surface area contributed by atoms with E-state index in [-0.39, 0.29) is 58.4 Å². The molecule has 0 aliphatic carbocycles. The molecule has 0 heterocycles. The van der Waals surface area contributed by atoms with Gasteiger partial charge in [-0.15, -0.1) is 0 Å². The number of aliphatic hydroxyl groups excluding tert-OH is 2. The Hall–Kier alpha value is -1.39. The van der Waals surface area contributed by atoms with Crippen molar-refractivity contribution in [2.75, 3.05) is 0 Å². The first-order chi connectivity index (χ1) is 11.7. The summed E-state index contributed by atoms with van der Waals surface area (Å²) >= 11 is 0. The van der Waals surface area contributed by atoms with Crippen molar-refractivity contribution in [1.29, 1.82) is 0 Å². The van der Waals surface area contributed by atoms with Gasteiger partial charge in [-0.3, -0.25) is 0 Å². The van der Waals surface area contributed by atoms with Gasteiger partial charge in [0.2, 0.25) is 0 Å². The first kappa shape index (κ1) is 38.2. The van der Waals surface area contributed by atoms with E-state index in [1.54, 1.807) is 0 Å². The van der Waals surface area contributed by atoms with Crippen molar-refractivity contribution in [1.82, 2.24) is 0 Å². The van der Waals surface area contributed by atoms with Crippen LogP contribution in [0.5, 0.6) is 0 Å². The van der Waals surface area contributed by atoms with Gasteiger partial charge >= 0.3 is 58.4 Å². The average molecular weight is 574 g/mol. The Morgan fingerprint density at radius 1 is 0.517 bits per heavy atom. The van der Waals surface area contributed by atoms with E-state index in [2.05, 4.69) is 0 Å². The van der Waals surface area contributed by atoms with Gasteiger partial charge in [-0.2, -0.15) is 0 Å². The zero-order chi connectivity index (χ0) is 21.2. The second-order valence-electron chi connectivity index (χ2n) is 4.53. The Balaban J connectivity index is -0.000000120. The Bertz CT molecular complexity index is 530. The van der Waals surface area contributed by atoms with Crippen LogP contribution < -0.4 is 30.6 Å². The minimum atomic E-state index is -2.41. The van der Waals surface area contributed by atoms with Crippen molar-refractivity contribution < 1.29 is 128 Å². The Kier molecular flexibility index (Phi) is 24.6. The van der Waals surface area contributed by atoms with Crippen LogP contribution in [0.3, 0.4) is 0 Å². The minimum Gasteiger partial charge on any atom is -0.550 e. The fourth-order valence-corrected chi connectivity index (χ4v) is 1.34. The second kappa shape index (κ2) is 18.6. The Labute approximate surface area is 200 Å². The van der Waals surface area contributed by atoms with E-state index < -0.39 is 72.7 Å². The molecular weight excluding hydrogens is 564 g/mol. The van der Waals surface area contributed by atoms with E-state index in [1.807, 2.05) is 0 Å². The molecule has 0 fully saturated rings. The van der Waals surface area contributed by atoms with Gasteiger partial charge in [-0.1, -0.05) is 0 Å². The quantitative estimate of drug-likeness (QED) is 0.229. The number of aliphatic carboxylic acids is 6. The van der Waals surface area contributed by atoms with Crippen LogP contribution in [0, 0.1) is 11.8 Å². The molecule has 29 heavy (non-hydrogen) atoms. The molecule has 4 atom stereocenters. The van der Waals surface area contributed by atoms with Gasteiger partial charge in [0.1, 0.15) is 12.2 Å². The summed E-state index contributed by atoms with van der Waals surface area (Å²) in [4.78, 5) is 60.0. The number of carbonyl (C=O) groups excluding carboxylic acids is 6. The van der Waals surface area contributed by atoms with E-state index >= 15 is 0 Å². The summed E-state index contributed by atoms with van der Waals surface area (Å²) in [6.07, 6.45) is -7.11. The summed E-state index contributed by atoms with van der Waals surface area (Å²) in [5.74, 6) is -15.8. The smallest absolute Gasteiger partial charge is 0.550 e. The van der Waals surface area contributed by atoms with Gasteiger partial charge in [-0.05, 0) is 12.8 Å². The number of hydrogen-bond donors (Lipinski definition) is 2. The van der Waals surface area contributed by atoms with E-state index in [0.717, 1.165) is 0 Å². The SMILES string of the molecule is O=C([O-])CC(C(=O)[O-])C(O)C(=O)[O-].O=C([O-])CC(C(=O)[O-])C(O)C(=O)[O-].[Zn+2].[Zn+2].[Zn+2]. The third-order valence-electron chi connectivity index (χ3n) is 2.62. The number of carboxylic acid groups (broad SMARTS) is 6. The molecule has 4 unspecified atom stereocenters. The van der Waals surface area contributed by atoms with Crippen LogP contribution in [-0.4, -0.2) is 58.2 Å². The summed E-state index contributed by atoms with van der Waals surface area (Å²) in [6.45, 7) is 0. The molecule has 0 radical (unpaired) electrons. The monoisotopic (exact) mass is 570 g/mol. The summed E-state index contributed by atoms with van der Waals surface area (Å²) in [6, 6.07) is 0. The summed E-state index contributed by atoms with van der Waals surface area (Å²) in [5, 5.41) is 77.3. The van der Waals surface area contributed by atoms with Gasteiger partial charge in [0.25, 0.3) is 0 Å². The summed E-state index contributed by atoms with van der Waals surface area (Å²) in [5.41, 5.74) is 0. The number of carbonyl (C=O) groups is 6. The van der Waals surface area contributed by atoms with Crippen LogP contribution in [0.25, 0.3) is 0 Å². The molecule has 0 spiro atoms. The van der Waals surface area contributed by atoms with Gasteiger partial charge < -0.3 is 69.6 Å². The molecule has 0 aromatic heterocycles. The van der Waals surface area contributed by atoms with Crippen molar-refractivity contribution in [2.45, 2.75) is 25.0 Å². The predicted octanol–water partition coefficient (Wildman–Crippen LogP) is -10.8. The normalized spacial score (nSPS) is 13.0. The molecule has 0 rings (SSSR count). The maximum atomic E-state index is 10.1. The first-order valence-corrected chi connectivity index (χ1v) is 6.31. The number of carboxylic acids is 6. The Morgan fingerprint density at radius 3 is 0.828 bits per heavy atom. The molecule has 2 N–H and O–H groups in total. The molecule has 0 aromatic carbocycles. The first-order valence-electron chi connectivity index (χ1n) is 6.31. The zero-order valence-electron chi connectivity index (χ0n) is 14.6. The van der Waals surface area contributed by atoms with Crippen LogP contribution in [0.4, 0.5) is 0 Å². The van der Waals surface area contributed by atoms with Crippen molar-refractivity contribution in [3.05, 3.63) is 0 Å². The Morgan fingerprint density at radius 2 is 0.724 bits per heavy atom. The third kappa shape index (κ3) is 17.2. The van der Waals surface area contributed by atoms with Crippen molar-refractivity contribution in [2.24, 2.45) is 11.8 Å². The van der Waals surface area contributed by atoms with Crippen LogP contribution in [0.1, 0.15) is 12.8 Å². The fraction of sp³-hybridized carbons (Fsp3) is 0.500. The molecule has 0 amide bonds. The van der Waals surface area contributed by atoms with Crippen molar-refractivity contribution >= 4 is 35.8 Å². The van der Waals surface area contributed by atoms with Crippen LogP contribution >= 0.6 is 0 Å². The molecule has 0 saturated heterocycles. The number of hydrogen-bond acceptors (Lipinski definition) is 14. The molecule has 0 saturated carbocycles. The van der Waals surface area contributed by atoms with E-state index in [1.165, 1.54) is 0 Å². The van der Waals surface area contributed by atoms with E-state index in [0.29, 0.717) is 0 Å². The fourth-order valence-electron chi connectivity index (χ4n) is 1.34. The largest absolute Gasteiger partial charge is 2.00 e. The van der Waals surface area contributed by atoms with Gasteiger partial charge in [0.05, 0.1) is 11.9 Å². The molecule has 0 aliphatic rings. The van der Waals surface area contributed by atoms with Crippen LogP contribution in [0.2, 0.25) is 0 Å². The van der Waals surface area contributed by atoms with Gasteiger partial charge in [0.15, 0.2) is 0 Å². The molecular formula is C12H10O14Zn3. The maximum absolute atomic E-state index is 10.1. The molecule has 0 aliphatic heterocycles. The minimum absolute atomic E-state index is 0. The third-order valence-corrected chi connectivity index (χ3v) is 2.62. The summed E-state index contributed by atoms with van der Waals surface area (Å²) < 4.78 is 0. The van der Waals surface area contributed by atoms with Crippen molar-refractivity contribution in [3.63, 3.8) is 0 Å². The molecule has 148 valence electrons. The summed E-state index contributed by atoms with van der Waals surface area (Å²) in [7, 11) is 0. The molecule has 0 aromatic rings. The standard InChI is InChI=1S/2C6H8O7.3Zn/c2*7-3(8)1-2(5(10)11)4(9)6(12)13;;;/h2*2,4,9H,1H2,(H,7,8)(H,10,11)(H,12,13);;;/q;;3*+2/p-6. The topological polar surface area (TPSA) is 281 Å². The van der Waals surface area contributed by atoms with Crippen molar-refractivity contribution in [3.8, 4) is 0 Å². The number of rotatable bonds is 10. The van der Waals surface area contributed by atoms with Gasteiger partial charge in [0, 0.05) is 35.7 Å². The molecule has 14 nitrogen and oxygen atoms in total.